The summed E-state index contributed by atoms with van der Waals surface area (Å²) in [5, 5.41) is 8.77. The minimum atomic E-state index is -0.837. The Morgan fingerprint density at radius 3 is 1.97 bits per heavy atom. The average molecular weight is 389 g/mol. The van der Waals surface area contributed by atoms with Crippen molar-refractivity contribution in [2.24, 2.45) is 5.92 Å². The minimum Gasteiger partial charge on any atom is -0.481 e. The number of nitrogens with zero attached hydrogens (tertiary/aromatic N) is 1. The van der Waals surface area contributed by atoms with Crippen LogP contribution in [-0.2, 0) is 9.59 Å². The second kappa shape index (κ2) is 8.64. The molecular formula is C25H27NO3. The molecular weight excluding hydrogens is 362 g/mol. The summed E-state index contributed by atoms with van der Waals surface area (Å²) in [7, 11) is 0. The van der Waals surface area contributed by atoms with E-state index >= 15 is 0 Å². The van der Waals surface area contributed by atoms with Crippen molar-refractivity contribution in [1.29, 1.82) is 0 Å². The summed E-state index contributed by atoms with van der Waals surface area (Å²) in [4.78, 5) is 25.0. The third kappa shape index (κ3) is 4.26. The largest absolute Gasteiger partial charge is 0.481 e. The van der Waals surface area contributed by atoms with Crippen molar-refractivity contribution in [3.63, 3.8) is 0 Å². The van der Waals surface area contributed by atoms with Gasteiger partial charge in [-0.2, -0.15) is 0 Å². The number of carboxylic acid groups (broad SMARTS) is 1. The van der Waals surface area contributed by atoms with E-state index in [1.54, 1.807) is 0 Å². The number of hydrogen-bond donors (Lipinski definition) is 1. The number of rotatable bonds is 5. The Bertz CT molecular complexity index is 876. The zero-order valence-corrected chi connectivity index (χ0v) is 16.6. The van der Waals surface area contributed by atoms with Gasteiger partial charge in [0.15, 0.2) is 0 Å². The van der Waals surface area contributed by atoms with Crippen LogP contribution in [0.3, 0.4) is 0 Å². The van der Waals surface area contributed by atoms with Crippen LogP contribution in [0.25, 0.3) is 12.2 Å². The van der Waals surface area contributed by atoms with Gasteiger partial charge in [0.1, 0.15) is 0 Å². The molecule has 150 valence electrons. The zero-order valence-electron chi connectivity index (χ0n) is 16.6. The van der Waals surface area contributed by atoms with Crippen molar-refractivity contribution in [1.82, 2.24) is 4.90 Å². The molecule has 4 nitrogen and oxygen atoms in total. The fraction of sp³-hybridized carbons (Fsp3) is 0.360. The molecule has 0 radical (unpaired) electrons. The maximum atomic E-state index is 12.4. The Morgan fingerprint density at radius 1 is 0.862 bits per heavy atom. The standard InChI is InChI=1S/C25H27NO3/c27-23(10-5-11-24(28)29)26-16-14-20(15-17-26)25-21-8-3-1-6-18(21)12-13-19-7-2-4-9-22(19)25/h1-4,6-9,12-13,20,25H,5,10-11,14-17H2,(H,28,29). The van der Waals surface area contributed by atoms with Crippen LogP contribution < -0.4 is 0 Å². The van der Waals surface area contributed by atoms with Crippen molar-refractivity contribution >= 4 is 24.0 Å². The molecule has 4 heteroatoms. The lowest BCUT2D eigenvalue weighted by Crippen LogP contribution is -2.40. The SMILES string of the molecule is O=C(O)CCCC(=O)N1CCC(C2c3ccccc3C=Cc3ccccc32)CC1. The Kier molecular flexibility index (Phi) is 5.79. The highest BCUT2D eigenvalue weighted by Crippen LogP contribution is 2.43. The van der Waals surface area contributed by atoms with Crippen LogP contribution in [0.15, 0.2) is 48.5 Å². The summed E-state index contributed by atoms with van der Waals surface area (Å²) in [6, 6.07) is 17.3. The normalized spacial score (nSPS) is 16.8. The lowest BCUT2D eigenvalue weighted by molar-refractivity contribution is -0.137. The van der Waals surface area contributed by atoms with Crippen LogP contribution in [0, 0.1) is 5.92 Å². The number of carboxylic acids is 1. The van der Waals surface area contributed by atoms with Crippen molar-refractivity contribution < 1.29 is 14.7 Å². The molecule has 0 saturated carbocycles. The number of hydrogen-bond acceptors (Lipinski definition) is 2. The van der Waals surface area contributed by atoms with Crippen LogP contribution >= 0.6 is 0 Å². The molecule has 29 heavy (non-hydrogen) atoms. The van der Waals surface area contributed by atoms with Crippen LogP contribution in [0.2, 0.25) is 0 Å². The predicted molar refractivity (Wildman–Crippen MR) is 114 cm³/mol. The number of benzene rings is 2. The first-order chi connectivity index (χ1) is 14.1. The Morgan fingerprint density at radius 2 is 1.41 bits per heavy atom. The first-order valence-corrected chi connectivity index (χ1v) is 10.5. The van der Waals surface area contributed by atoms with Crippen LogP contribution in [0.4, 0.5) is 0 Å². The maximum Gasteiger partial charge on any atom is 0.303 e. The third-order valence-electron chi connectivity index (χ3n) is 6.25. The van der Waals surface area contributed by atoms with Gasteiger partial charge in [-0.05, 0) is 47.4 Å². The molecule has 1 aliphatic carbocycles. The van der Waals surface area contributed by atoms with E-state index in [1.807, 2.05) is 4.90 Å². The molecule has 1 fully saturated rings. The van der Waals surface area contributed by atoms with E-state index in [2.05, 4.69) is 60.7 Å². The molecule has 0 bridgehead atoms. The highest BCUT2D eigenvalue weighted by molar-refractivity contribution is 5.78. The molecule has 1 N–H and O–H groups in total. The fourth-order valence-electron chi connectivity index (χ4n) is 4.78. The van der Waals surface area contributed by atoms with Gasteiger partial charge in [-0.3, -0.25) is 9.59 Å². The molecule has 0 atom stereocenters. The summed E-state index contributed by atoms with van der Waals surface area (Å²) >= 11 is 0. The van der Waals surface area contributed by atoms with E-state index in [4.69, 9.17) is 5.11 Å². The van der Waals surface area contributed by atoms with Crippen LogP contribution in [0.1, 0.15) is 60.3 Å². The summed E-state index contributed by atoms with van der Waals surface area (Å²) in [5.74, 6) is 0.0748. The first kappa shape index (κ1) is 19.4. The second-order valence-electron chi connectivity index (χ2n) is 8.03. The number of likely N-dealkylation sites (tertiary alicyclic amines) is 1. The number of piperidine rings is 1. The molecule has 1 amide bonds. The van der Waals surface area contributed by atoms with Gasteiger partial charge in [-0.25, -0.2) is 0 Å². The minimum absolute atomic E-state index is 0.0604. The van der Waals surface area contributed by atoms with Gasteiger partial charge in [0.05, 0.1) is 0 Å². The molecule has 4 rings (SSSR count). The number of aliphatic carboxylic acids is 1. The van der Waals surface area contributed by atoms with Crippen LogP contribution in [-0.4, -0.2) is 35.0 Å². The molecule has 0 unspecified atom stereocenters. The molecule has 1 heterocycles. The maximum absolute atomic E-state index is 12.4. The summed E-state index contributed by atoms with van der Waals surface area (Å²) in [6.07, 6.45) is 7.19. The number of amides is 1. The Hall–Kier alpha value is -2.88. The van der Waals surface area contributed by atoms with Crippen molar-refractivity contribution in [3.05, 3.63) is 70.8 Å². The van der Waals surface area contributed by atoms with Gasteiger partial charge in [0, 0.05) is 31.8 Å². The molecule has 1 saturated heterocycles. The topological polar surface area (TPSA) is 57.6 Å². The predicted octanol–water partition coefficient (Wildman–Crippen LogP) is 4.80. The number of fused-ring (bicyclic) bond motifs is 2. The van der Waals surface area contributed by atoms with Gasteiger partial charge in [0.25, 0.3) is 0 Å². The zero-order chi connectivity index (χ0) is 20.2. The quantitative estimate of drug-likeness (QED) is 0.799. The van der Waals surface area contributed by atoms with Crippen molar-refractivity contribution in [3.8, 4) is 0 Å². The molecule has 2 aliphatic rings. The number of carbonyl (C=O) groups is 2. The number of carbonyl (C=O) groups excluding carboxylic acids is 1. The smallest absolute Gasteiger partial charge is 0.303 e. The third-order valence-corrected chi connectivity index (χ3v) is 6.25. The van der Waals surface area contributed by atoms with Gasteiger partial charge in [0.2, 0.25) is 5.91 Å². The van der Waals surface area contributed by atoms with Crippen molar-refractivity contribution in [2.75, 3.05) is 13.1 Å². The Balaban J connectivity index is 1.50. The molecule has 2 aromatic carbocycles. The van der Waals surface area contributed by atoms with E-state index in [1.165, 1.54) is 22.3 Å². The monoisotopic (exact) mass is 389 g/mol. The Labute approximate surface area is 171 Å². The highest BCUT2D eigenvalue weighted by Gasteiger charge is 2.32. The van der Waals surface area contributed by atoms with Crippen LogP contribution in [0.5, 0.6) is 0 Å². The van der Waals surface area contributed by atoms with Gasteiger partial charge >= 0.3 is 5.97 Å². The summed E-state index contributed by atoms with van der Waals surface area (Å²) in [5.41, 5.74) is 5.31. The van der Waals surface area contributed by atoms with Crippen molar-refractivity contribution in [2.45, 2.75) is 38.0 Å². The van der Waals surface area contributed by atoms with E-state index in [0.29, 0.717) is 24.7 Å². The molecule has 1 aliphatic heterocycles. The summed E-state index contributed by atoms with van der Waals surface area (Å²) < 4.78 is 0. The molecule has 0 aromatic heterocycles. The lowest BCUT2D eigenvalue weighted by atomic mass is 9.74. The second-order valence-corrected chi connectivity index (χ2v) is 8.03. The lowest BCUT2D eigenvalue weighted by Gasteiger charge is -2.37. The summed E-state index contributed by atoms with van der Waals surface area (Å²) in [6.45, 7) is 1.51. The van der Waals surface area contributed by atoms with E-state index in [-0.39, 0.29) is 12.3 Å². The van der Waals surface area contributed by atoms with Gasteiger partial charge in [-0.1, -0.05) is 60.7 Å². The fourth-order valence-corrected chi connectivity index (χ4v) is 4.78. The molecule has 0 spiro atoms. The van der Waals surface area contributed by atoms with Gasteiger partial charge < -0.3 is 10.0 Å². The average Bonchev–Trinajstić information content (AvgIpc) is 2.90. The first-order valence-electron chi connectivity index (χ1n) is 10.5. The molecule has 2 aromatic rings. The van der Waals surface area contributed by atoms with Gasteiger partial charge in [-0.15, -0.1) is 0 Å². The van der Waals surface area contributed by atoms with E-state index in [0.717, 1.165) is 25.9 Å². The highest BCUT2D eigenvalue weighted by atomic mass is 16.4. The van der Waals surface area contributed by atoms with E-state index in [9.17, 15) is 9.59 Å². The van der Waals surface area contributed by atoms with E-state index < -0.39 is 5.97 Å².